The van der Waals surface area contributed by atoms with Crippen LogP contribution in [0.1, 0.15) is 11.1 Å². The zero-order valence-electron chi connectivity index (χ0n) is 13.8. The smallest absolute Gasteiger partial charge is 0.310 e. The van der Waals surface area contributed by atoms with Crippen molar-refractivity contribution in [2.75, 3.05) is 14.2 Å². The number of aromatic nitrogens is 1. The number of ether oxygens (including phenoxy) is 2. The number of phenolic OH excluding ortho intramolecular Hbond substituents is 1. The third kappa shape index (κ3) is 2.58. The number of nitrogens with one attached hydrogen (secondary N) is 1. The van der Waals surface area contributed by atoms with Crippen LogP contribution in [0.5, 0.6) is 11.5 Å². The van der Waals surface area contributed by atoms with Gasteiger partial charge in [-0.2, -0.15) is 0 Å². The van der Waals surface area contributed by atoms with E-state index >= 15 is 0 Å². The van der Waals surface area contributed by atoms with Gasteiger partial charge in [0.25, 0.3) is 0 Å². The second-order valence-corrected chi connectivity index (χ2v) is 5.59. The van der Waals surface area contributed by atoms with Gasteiger partial charge in [-0.15, -0.1) is 0 Å². The Labute approximate surface area is 139 Å². The van der Waals surface area contributed by atoms with E-state index in [4.69, 9.17) is 9.47 Å². The molecule has 24 heavy (non-hydrogen) atoms. The summed E-state index contributed by atoms with van der Waals surface area (Å²) >= 11 is 0. The molecule has 2 N–H and O–H groups in total. The number of methoxy groups -OCH3 is 2. The minimum atomic E-state index is -0.334. The van der Waals surface area contributed by atoms with E-state index in [2.05, 4.69) is 4.98 Å². The summed E-state index contributed by atoms with van der Waals surface area (Å²) < 4.78 is 10.1. The molecule has 0 atom stereocenters. The van der Waals surface area contributed by atoms with E-state index in [0.717, 1.165) is 22.0 Å². The van der Waals surface area contributed by atoms with Crippen molar-refractivity contribution >= 4 is 16.9 Å². The highest BCUT2D eigenvalue weighted by molar-refractivity contribution is 5.95. The lowest BCUT2D eigenvalue weighted by Gasteiger charge is -2.12. The molecule has 0 bridgehead atoms. The number of phenols is 1. The first-order valence-corrected chi connectivity index (χ1v) is 7.60. The van der Waals surface area contributed by atoms with Crippen LogP contribution >= 0.6 is 0 Å². The highest BCUT2D eigenvalue weighted by Crippen LogP contribution is 2.42. The molecule has 3 rings (SSSR count). The number of benzene rings is 2. The number of carbonyl (C=O) groups excluding carboxylic acids is 1. The van der Waals surface area contributed by atoms with Gasteiger partial charge in [-0.3, -0.25) is 4.79 Å². The van der Waals surface area contributed by atoms with Gasteiger partial charge in [-0.05, 0) is 30.2 Å². The number of rotatable bonds is 4. The molecule has 0 fully saturated rings. The first-order chi connectivity index (χ1) is 11.6. The number of aromatic hydroxyl groups is 1. The van der Waals surface area contributed by atoms with Gasteiger partial charge < -0.3 is 19.6 Å². The number of hydrogen-bond acceptors (Lipinski definition) is 4. The van der Waals surface area contributed by atoms with Crippen LogP contribution in [-0.4, -0.2) is 30.3 Å². The summed E-state index contributed by atoms with van der Waals surface area (Å²) in [5.41, 5.74) is 3.80. The molecule has 0 aliphatic carbocycles. The Balaban J connectivity index is 2.26. The Bertz CT molecular complexity index is 911. The fourth-order valence-electron chi connectivity index (χ4n) is 2.96. The van der Waals surface area contributed by atoms with Crippen LogP contribution in [0.2, 0.25) is 0 Å². The second kappa shape index (κ2) is 6.28. The Hall–Kier alpha value is -2.95. The maximum Gasteiger partial charge on any atom is 0.310 e. The molecule has 3 aromatic rings. The minimum Gasteiger partial charge on any atom is -0.504 e. The van der Waals surface area contributed by atoms with E-state index in [0.29, 0.717) is 17.0 Å². The molecule has 0 spiro atoms. The van der Waals surface area contributed by atoms with E-state index in [1.54, 1.807) is 0 Å². The van der Waals surface area contributed by atoms with Gasteiger partial charge in [-0.1, -0.05) is 24.3 Å². The molecule has 5 heteroatoms. The molecule has 1 heterocycles. The number of hydrogen-bond donors (Lipinski definition) is 2. The molecule has 0 aliphatic heterocycles. The minimum absolute atomic E-state index is 0.0511. The number of carbonyl (C=O) groups is 1. The van der Waals surface area contributed by atoms with E-state index in [-0.39, 0.29) is 18.1 Å². The number of para-hydroxylation sites is 1. The number of H-pyrrole nitrogens is 1. The quantitative estimate of drug-likeness (QED) is 0.719. The third-order valence-electron chi connectivity index (χ3n) is 4.16. The van der Waals surface area contributed by atoms with Gasteiger partial charge >= 0.3 is 5.97 Å². The van der Waals surface area contributed by atoms with Crippen molar-refractivity contribution in [2.24, 2.45) is 0 Å². The van der Waals surface area contributed by atoms with Crippen LogP contribution < -0.4 is 4.74 Å². The molecular formula is C19H19NO4. The molecule has 0 aliphatic rings. The third-order valence-corrected chi connectivity index (χ3v) is 4.16. The lowest BCUT2D eigenvalue weighted by molar-refractivity contribution is -0.139. The second-order valence-electron chi connectivity index (χ2n) is 5.59. The average molecular weight is 325 g/mol. The number of esters is 1. The van der Waals surface area contributed by atoms with Gasteiger partial charge in [0.15, 0.2) is 11.5 Å². The summed E-state index contributed by atoms with van der Waals surface area (Å²) in [6.07, 6.45) is 0.117. The Morgan fingerprint density at radius 2 is 1.92 bits per heavy atom. The van der Waals surface area contributed by atoms with Crippen molar-refractivity contribution in [2.45, 2.75) is 13.3 Å². The maximum atomic E-state index is 11.8. The summed E-state index contributed by atoms with van der Waals surface area (Å²) in [5, 5.41) is 11.5. The van der Waals surface area contributed by atoms with E-state index in [1.807, 2.05) is 43.3 Å². The van der Waals surface area contributed by atoms with Crippen molar-refractivity contribution in [3.05, 3.63) is 47.5 Å². The Morgan fingerprint density at radius 1 is 1.17 bits per heavy atom. The van der Waals surface area contributed by atoms with Crippen molar-refractivity contribution in [1.29, 1.82) is 0 Å². The summed E-state index contributed by atoms with van der Waals surface area (Å²) in [4.78, 5) is 15.1. The lowest BCUT2D eigenvalue weighted by Crippen LogP contribution is -2.05. The molecule has 124 valence electrons. The molecule has 1 aromatic heterocycles. The van der Waals surface area contributed by atoms with Crippen LogP contribution in [0.25, 0.3) is 22.2 Å². The highest BCUT2D eigenvalue weighted by atomic mass is 16.5. The molecule has 0 unspecified atom stereocenters. The molecule has 0 amide bonds. The van der Waals surface area contributed by atoms with E-state index in [9.17, 15) is 9.90 Å². The van der Waals surface area contributed by atoms with Gasteiger partial charge in [-0.25, -0.2) is 0 Å². The van der Waals surface area contributed by atoms with Gasteiger partial charge in [0.1, 0.15) is 0 Å². The standard InChI is InChI=1S/C19H19NO4/c1-11-8-9-13(18(22)19(11)24-3)17-14(10-16(21)23-2)12-6-4-5-7-15(12)20-17/h4-9,20,22H,10H2,1-3H3. The van der Waals surface area contributed by atoms with Crippen molar-refractivity contribution < 1.29 is 19.4 Å². The molecule has 0 saturated heterocycles. The van der Waals surface area contributed by atoms with Crippen LogP contribution in [0.15, 0.2) is 36.4 Å². The first kappa shape index (κ1) is 15.9. The number of aromatic amines is 1. The van der Waals surface area contributed by atoms with E-state index < -0.39 is 0 Å². The Morgan fingerprint density at radius 3 is 2.62 bits per heavy atom. The van der Waals surface area contributed by atoms with Gasteiger partial charge in [0.2, 0.25) is 0 Å². The molecule has 2 aromatic carbocycles. The fraction of sp³-hybridized carbons (Fsp3) is 0.211. The molecule has 0 saturated carbocycles. The normalized spacial score (nSPS) is 10.8. The lowest BCUT2D eigenvalue weighted by atomic mass is 10.0. The maximum absolute atomic E-state index is 11.8. The Kier molecular flexibility index (Phi) is 4.16. The van der Waals surface area contributed by atoms with Crippen molar-refractivity contribution in [1.82, 2.24) is 4.98 Å². The zero-order chi connectivity index (χ0) is 17.3. The topological polar surface area (TPSA) is 71.6 Å². The predicted octanol–water partition coefficient (Wildman–Crippen LogP) is 3.57. The van der Waals surface area contributed by atoms with Crippen molar-refractivity contribution in [3.63, 3.8) is 0 Å². The average Bonchev–Trinajstić information content (AvgIpc) is 2.94. The monoisotopic (exact) mass is 325 g/mol. The first-order valence-electron chi connectivity index (χ1n) is 7.60. The summed E-state index contributed by atoms with van der Waals surface area (Å²) in [6, 6.07) is 11.4. The summed E-state index contributed by atoms with van der Waals surface area (Å²) in [5.74, 6) is 0.143. The SMILES string of the molecule is COC(=O)Cc1c(-c2ccc(C)c(OC)c2O)[nH]c2ccccc12. The number of fused-ring (bicyclic) bond motifs is 1. The van der Waals surface area contributed by atoms with Crippen LogP contribution in [0, 0.1) is 6.92 Å². The van der Waals surface area contributed by atoms with Gasteiger partial charge in [0.05, 0.1) is 26.3 Å². The predicted molar refractivity (Wildman–Crippen MR) is 92.4 cm³/mol. The summed E-state index contributed by atoms with van der Waals surface area (Å²) in [7, 11) is 2.88. The van der Waals surface area contributed by atoms with Crippen LogP contribution in [0.4, 0.5) is 0 Å². The number of aryl methyl sites for hydroxylation is 1. The van der Waals surface area contributed by atoms with Crippen LogP contribution in [-0.2, 0) is 16.0 Å². The molecular weight excluding hydrogens is 306 g/mol. The molecule has 5 nitrogen and oxygen atoms in total. The van der Waals surface area contributed by atoms with Crippen LogP contribution in [0.3, 0.4) is 0 Å². The summed E-state index contributed by atoms with van der Waals surface area (Å²) in [6.45, 7) is 1.86. The van der Waals surface area contributed by atoms with Gasteiger partial charge in [0, 0.05) is 16.5 Å². The fourth-order valence-corrected chi connectivity index (χ4v) is 2.96. The highest BCUT2D eigenvalue weighted by Gasteiger charge is 2.20. The van der Waals surface area contributed by atoms with E-state index in [1.165, 1.54) is 14.2 Å². The zero-order valence-corrected chi connectivity index (χ0v) is 13.8. The van der Waals surface area contributed by atoms with Crippen molar-refractivity contribution in [3.8, 4) is 22.8 Å². The largest absolute Gasteiger partial charge is 0.504 e. The molecule has 0 radical (unpaired) electrons.